The zero-order chi connectivity index (χ0) is 20.9. The lowest BCUT2D eigenvalue weighted by Crippen LogP contribution is -2.38. The monoisotopic (exact) mass is 414 g/mol. The van der Waals surface area contributed by atoms with Gasteiger partial charge >= 0.3 is 0 Å². The third-order valence-corrected chi connectivity index (χ3v) is 5.30. The van der Waals surface area contributed by atoms with Gasteiger partial charge in [-0.25, -0.2) is 4.39 Å². The van der Waals surface area contributed by atoms with Gasteiger partial charge in [0.1, 0.15) is 18.8 Å². The van der Waals surface area contributed by atoms with Crippen LogP contribution in [-0.2, 0) is 6.54 Å². The molecule has 0 saturated carbocycles. The maximum atomic E-state index is 12.5. The van der Waals surface area contributed by atoms with Crippen molar-refractivity contribution in [3.63, 3.8) is 0 Å². The van der Waals surface area contributed by atoms with E-state index in [1.165, 1.54) is 0 Å². The van der Waals surface area contributed by atoms with Gasteiger partial charge in [0.2, 0.25) is 0 Å². The minimum absolute atomic E-state index is 0.0271. The van der Waals surface area contributed by atoms with Crippen LogP contribution in [0.2, 0.25) is 0 Å². The molecule has 1 saturated heterocycles. The summed E-state index contributed by atoms with van der Waals surface area (Å²) in [5, 5.41) is 3.40. The lowest BCUT2D eigenvalue weighted by Gasteiger charge is -2.32. The average molecular weight is 414 g/mol. The standard InChI is InChI=1S/C22H27FN4O3/c1-28-20-4-2-15(12-21(20)29-11-8-23)14-27-9-6-17(7-10-27)25-22-26-18-13-16(24)3-5-19(18)30-22/h2-5,12-13,17H,6-11,14,24H2,1H3,(H,25,26). The first-order chi connectivity index (χ1) is 14.6. The number of nitrogens with two attached hydrogens (primary N) is 1. The summed E-state index contributed by atoms with van der Waals surface area (Å²) >= 11 is 0. The van der Waals surface area contributed by atoms with Gasteiger partial charge in [0, 0.05) is 31.4 Å². The highest BCUT2D eigenvalue weighted by Crippen LogP contribution is 2.29. The van der Waals surface area contributed by atoms with Gasteiger partial charge in [-0.05, 0) is 48.7 Å². The van der Waals surface area contributed by atoms with Crippen LogP contribution in [0.4, 0.5) is 16.1 Å². The number of ether oxygens (including phenoxy) is 2. The maximum absolute atomic E-state index is 12.5. The fourth-order valence-corrected chi connectivity index (χ4v) is 3.76. The molecule has 2 heterocycles. The molecule has 0 spiro atoms. The Morgan fingerprint density at radius 3 is 2.80 bits per heavy atom. The number of alkyl halides is 1. The van der Waals surface area contributed by atoms with Crippen LogP contribution in [0.1, 0.15) is 18.4 Å². The number of nitrogens with one attached hydrogen (secondary N) is 1. The van der Waals surface area contributed by atoms with Crippen LogP contribution >= 0.6 is 0 Å². The zero-order valence-corrected chi connectivity index (χ0v) is 17.1. The van der Waals surface area contributed by atoms with Crippen molar-refractivity contribution in [1.29, 1.82) is 0 Å². The van der Waals surface area contributed by atoms with E-state index in [4.69, 9.17) is 19.6 Å². The zero-order valence-electron chi connectivity index (χ0n) is 17.1. The van der Waals surface area contributed by atoms with Crippen LogP contribution < -0.4 is 20.5 Å². The Labute approximate surface area is 175 Å². The largest absolute Gasteiger partial charge is 0.493 e. The predicted octanol–water partition coefficient (Wildman–Crippen LogP) is 3.84. The summed E-state index contributed by atoms with van der Waals surface area (Å²) in [5.74, 6) is 1.20. The number of aromatic nitrogens is 1. The molecule has 3 N–H and O–H groups in total. The number of halogens is 1. The van der Waals surface area contributed by atoms with E-state index in [-0.39, 0.29) is 6.61 Å². The number of nitrogens with zero attached hydrogens (tertiary/aromatic N) is 2. The lowest BCUT2D eigenvalue weighted by molar-refractivity contribution is 0.209. The molecule has 4 rings (SSSR count). The van der Waals surface area contributed by atoms with Gasteiger partial charge in [-0.1, -0.05) is 6.07 Å². The molecule has 30 heavy (non-hydrogen) atoms. The van der Waals surface area contributed by atoms with E-state index in [0.29, 0.717) is 29.2 Å². The summed E-state index contributed by atoms with van der Waals surface area (Å²) in [6.07, 6.45) is 1.98. The van der Waals surface area contributed by atoms with E-state index in [0.717, 1.165) is 49.1 Å². The van der Waals surface area contributed by atoms with Crippen LogP contribution in [-0.4, -0.2) is 49.4 Å². The fraction of sp³-hybridized carbons (Fsp3) is 0.409. The van der Waals surface area contributed by atoms with Crippen molar-refractivity contribution in [1.82, 2.24) is 9.88 Å². The van der Waals surface area contributed by atoms with Crippen LogP contribution in [0.25, 0.3) is 11.1 Å². The van der Waals surface area contributed by atoms with Gasteiger partial charge in [-0.3, -0.25) is 4.90 Å². The average Bonchev–Trinajstić information content (AvgIpc) is 3.15. The van der Waals surface area contributed by atoms with Crippen molar-refractivity contribution in [3.8, 4) is 11.5 Å². The highest BCUT2D eigenvalue weighted by Gasteiger charge is 2.21. The van der Waals surface area contributed by atoms with E-state index in [9.17, 15) is 4.39 Å². The second kappa shape index (κ2) is 9.21. The topological polar surface area (TPSA) is 85.8 Å². The number of likely N-dealkylation sites (tertiary alicyclic amines) is 1. The number of rotatable bonds is 8. The quantitative estimate of drug-likeness (QED) is 0.542. The first kappa shape index (κ1) is 20.3. The van der Waals surface area contributed by atoms with Gasteiger partial charge < -0.3 is 24.9 Å². The van der Waals surface area contributed by atoms with Crippen molar-refractivity contribution in [2.24, 2.45) is 0 Å². The number of hydrogen-bond acceptors (Lipinski definition) is 7. The minimum atomic E-state index is -0.526. The highest BCUT2D eigenvalue weighted by molar-refractivity contribution is 5.78. The molecule has 0 radical (unpaired) electrons. The van der Waals surface area contributed by atoms with Crippen molar-refractivity contribution in [3.05, 3.63) is 42.0 Å². The molecule has 1 aliphatic rings. The van der Waals surface area contributed by atoms with E-state index in [1.54, 1.807) is 7.11 Å². The molecule has 1 fully saturated rings. The molecule has 0 amide bonds. The summed E-state index contributed by atoms with van der Waals surface area (Å²) in [4.78, 5) is 6.88. The second-order valence-electron chi connectivity index (χ2n) is 7.46. The summed E-state index contributed by atoms with van der Waals surface area (Å²) in [5.41, 5.74) is 9.09. The molecule has 0 atom stereocenters. The van der Waals surface area contributed by atoms with E-state index < -0.39 is 6.67 Å². The normalized spacial score (nSPS) is 15.4. The molecule has 1 aromatic heterocycles. The molecule has 1 aliphatic heterocycles. The number of methoxy groups -OCH3 is 1. The summed E-state index contributed by atoms with van der Waals surface area (Å²) in [7, 11) is 1.58. The summed E-state index contributed by atoms with van der Waals surface area (Å²) in [6.45, 7) is 2.22. The molecule has 2 aromatic carbocycles. The number of anilines is 2. The van der Waals surface area contributed by atoms with Crippen LogP contribution in [0.3, 0.4) is 0 Å². The first-order valence-corrected chi connectivity index (χ1v) is 10.2. The number of nitrogen functional groups attached to an aromatic ring is 1. The Balaban J connectivity index is 1.32. The van der Waals surface area contributed by atoms with E-state index >= 15 is 0 Å². The number of oxazole rings is 1. The summed E-state index contributed by atoms with van der Waals surface area (Å²) < 4.78 is 29.0. The SMILES string of the molecule is COc1ccc(CN2CCC(Nc3nc4cc(N)ccc4o3)CC2)cc1OCCF. The van der Waals surface area contributed by atoms with Crippen LogP contribution in [0.15, 0.2) is 40.8 Å². The molecule has 7 nitrogen and oxygen atoms in total. The third-order valence-electron chi connectivity index (χ3n) is 5.30. The van der Waals surface area contributed by atoms with Crippen LogP contribution in [0.5, 0.6) is 11.5 Å². The van der Waals surface area contributed by atoms with Crippen molar-refractivity contribution in [2.45, 2.75) is 25.4 Å². The summed E-state index contributed by atoms with van der Waals surface area (Å²) in [6, 6.07) is 12.1. The molecule has 0 bridgehead atoms. The van der Waals surface area contributed by atoms with Crippen molar-refractivity contribution < 1.29 is 18.3 Å². The first-order valence-electron chi connectivity index (χ1n) is 10.2. The van der Waals surface area contributed by atoms with E-state index in [2.05, 4.69) is 15.2 Å². The minimum Gasteiger partial charge on any atom is -0.493 e. The smallest absolute Gasteiger partial charge is 0.295 e. The molecule has 8 heteroatoms. The van der Waals surface area contributed by atoms with Gasteiger partial charge in [0.25, 0.3) is 6.01 Å². The van der Waals surface area contributed by atoms with Gasteiger partial charge in [-0.2, -0.15) is 4.98 Å². The van der Waals surface area contributed by atoms with Gasteiger partial charge in [0.15, 0.2) is 17.1 Å². The third kappa shape index (κ3) is 4.76. The van der Waals surface area contributed by atoms with Crippen molar-refractivity contribution >= 4 is 22.8 Å². The second-order valence-corrected chi connectivity index (χ2v) is 7.46. The van der Waals surface area contributed by atoms with E-state index in [1.807, 2.05) is 36.4 Å². The highest BCUT2D eigenvalue weighted by atomic mass is 19.1. The Kier molecular flexibility index (Phi) is 6.23. The molecular weight excluding hydrogens is 387 g/mol. The molecular formula is C22H27FN4O3. The maximum Gasteiger partial charge on any atom is 0.295 e. The molecule has 3 aromatic rings. The van der Waals surface area contributed by atoms with Gasteiger partial charge in [-0.15, -0.1) is 0 Å². The number of piperidine rings is 1. The number of hydrogen-bond donors (Lipinski definition) is 2. The molecule has 160 valence electrons. The van der Waals surface area contributed by atoms with Gasteiger partial charge in [0.05, 0.1) is 7.11 Å². The van der Waals surface area contributed by atoms with Crippen molar-refractivity contribution in [2.75, 3.05) is 44.5 Å². The lowest BCUT2D eigenvalue weighted by atomic mass is 10.0. The Morgan fingerprint density at radius 1 is 1.20 bits per heavy atom. The molecule has 0 aliphatic carbocycles. The Bertz CT molecular complexity index is 986. The van der Waals surface area contributed by atoms with Crippen LogP contribution in [0, 0.1) is 0 Å². The Morgan fingerprint density at radius 2 is 2.03 bits per heavy atom. The Hall–Kier alpha value is -3.00. The molecule has 0 unspecified atom stereocenters. The number of benzene rings is 2. The predicted molar refractivity (Wildman–Crippen MR) is 115 cm³/mol. The number of fused-ring (bicyclic) bond motifs is 1. The fourth-order valence-electron chi connectivity index (χ4n) is 3.76.